The van der Waals surface area contributed by atoms with E-state index in [0.717, 1.165) is 24.7 Å². The summed E-state index contributed by atoms with van der Waals surface area (Å²) in [6, 6.07) is 8.15. The van der Waals surface area contributed by atoms with E-state index in [1.807, 2.05) is 12.1 Å². The minimum Gasteiger partial charge on any atom is -0.497 e. The molecule has 4 heteroatoms. The Kier molecular flexibility index (Phi) is 4.62. The summed E-state index contributed by atoms with van der Waals surface area (Å²) in [6.45, 7) is 4.03. The van der Waals surface area contributed by atoms with E-state index in [4.69, 9.17) is 4.74 Å². The lowest BCUT2D eigenvalue weighted by Gasteiger charge is -2.12. The van der Waals surface area contributed by atoms with Crippen molar-refractivity contribution in [3.63, 3.8) is 0 Å². The van der Waals surface area contributed by atoms with Crippen LogP contribution in [0.1, 0.15) is 18.4 Å². The summed E-state index contributed by atoms with van der Waals surface area (Å²) >= 11 is 0. The van der Waals surface area contributed by atoms with Gasteiger partial charge in [-0.25, -0.2) is 0 Å². The van der Waals surface area contributed by atoms with E-state index in [2.05, 4.69) is 29.4 Å². The number of rotatable bonds is 3. The lowest BCUT2D eigenvalue weighted by Crippen LogP contribution is -2.23. The second kappa shape index (κ2) is 5.75. The fourth-order valence-electron chi connectivity index (χ4n) is 1.76. The van der Waals surface area contributed by atoms with Gasteiger partial charge in [-0.05, 0) is 17.7 Å². The Labute approximate surface area is 102 Å². The van der Waals surface area contributed by atoms with Gasteiger partial charge in [0.2, 0.25) is 0 Å². The molecule has 0 aromatic heterocycles. The minimum atomic E-state index is 0. The van der Waals surface area contributed by atoms with Crippen LogP contribution in [0, 0.1) is 0 Å². The third kappa shape index (κ3) is 2.67. The van der Waals surface area contributed by atoms with Crippen LogP contribution in [0.4, 0.5) is 0 Å². The molecule has 0 fully saturated rings. The summed E-state index contributed by atoms with van der Waals surface area (Å²) in [6.07, 6.45) is 0. The zero-order valence-electron chi connectivity index (χ0n) is 9.56. The van der Waals surface area contributed by atoms with Gasteiger partial charge in [-0.2, -0.15) is 0 Å². The van der Waals surface area contributed by atoms with E-state index in [9.17, 15) is 0 Å². The highest BCUT2D eigenvalue weighted by Gasteiger charge is 2.15. The quantitative estimate of drug-likeness (QED) is 0.879. The van der Waals surface area contributed by atoms with Crippen LogP contribution in [0.2, 0.25) is 0 Å². The van der Waals surface area contributed by atoms with Crippen LogP contribution < -0.4 is 10.1 Å². The maximum absolute atomic E-state index is 5.13. The van der Waals surface area contributed by atoms with Crippen LogP contribution in [0.25, 0.3) is 0 Å². The van der Waals surface area contributed by atoms with E-state index in [1.54, 1.807) is 7.11 Å². The number of nitrogens with one attached hydrogen (secondary N) is 1. The molecule has 0 aliphatic carbocycles. The zero-order valence-corrected chi connectivity index (χ0v) is 10.4. The Bertz CT molecular complexity index is 362. The van der Waals surface area contributed by atoms with Gasteiger partial charge in [0.1, 0.15) is 11.6 Å². The maximum Gasteiger partial charge on any atom is 0.118 e. The van der Waals surface area contributed by atoms with Crippen molar-refractivity contribution in [3.8, 4) is 5.75 Å². The highest BCUT2D eigenvalue weighted by molar-refractivity contribution is 5.89. The van der Waals surface area contributed by atoms with Gasteiger partial charge in [0.25, 0.3) is 0 Å². The molecule has 1 aromatic rings. The van der Waals surface area contributed by atoms with Gasteiger partial charge < -0.3 is 10.1 Å². The van der Waals surface area contributed by atoms with Crippen molar-refractivity contribution in [1.82, 2.24) is 5.32 Å². The van der Waals surface area contributed by atoms with Crippen LogP contribution in [-0.4, -0.2) is 26.0 Å². The molecule has 3 nitrogen and oxygen atoms in total. The topological polar surface area (TPSA) is 33.6 Å². The molecule has 1 N–H and O–H groups in total. The lowest BCUT2D eigenvalue weighted by molar-refractivity contribution is 0.414. The molecule has 1 aliphatic rings. The molecule has 1 atom stereocenters. The first-order valence-electron chi connectivity index (χ1n) is 5.23. The van der Waals surface area contributed by atoms with Gasteiger partial charge in [0, 0.05) is 12.5 Å². The predicted octanol–water partition coefficient (Wildman–Crippen LogP) is 2.22. The Morgan fingerprint density at radius 3 is 2.50 bits per heavy atom. The second-order valence-electron chi connectivity index (χ2n) is 3.69. The molecule has 0 radical (unpaired) electrons. The van der Waals surface area contributed by atoms with E-state index >= 15 is 0 Å². The summed E-state index contributed by atoms with van der Waals surface area (Å²) < 4.78 is 5.13. The monoisotopic (exact) mass is 240 g/mol. The van der Waals surface area contributed by atoms with Crippen molar-refractivity contribution in [2.45, 2.75) is 12.8 Å². The van der Waals surface area contributed by atoms with E-state index < -0.39 is 0 Å². The standard InChI is InChI=1S/C12H16N2O.ClH/c1-9(12-13-7-8-14-12)10-3-5-11(15-2)6-4-10;/h3-6,9H,7-8H2,1-2H3,(H,13,14);1H. The molecule has 0 saturated heterocycles. The molecule has 16 heavy (non-hydrogen) atoms. The molecule has 1 heterocycles. The third-order valence-corrected chi connectivity index (χ3v) is 2.73. The van der Waals surface area contributed by atoms with Crippen molar-refractivity contribution in [2.75, 3.05) is 20.2 Å². The number of ether oxygens (including phenoxy) is 1. The molecule has 0 spiro atoms. The lowest BCUT2D eigenvalue weighted by atomic mass is 10.00. The van der Waals surface area contributed by atoms with Gasteiger partial charge in [0.05, 0.1) is 13.7 Å². The number of amidine groups is 1. The number of benzene rings is 1. The molecule has 0 amide bonds. The first-order chi connectivity index (χ1) is 7.31. The number of methoxy groups -OCH3 is 1. The highest BCUT2D eigenvalue weighted by Crippen LogP contribution is 2.20. The molecule has 1 unspecified atom stereocenters. The highest BCUT2D eigenvalue weighted by atomic mass is 35.5. The van der Waals surface area contributed by atoms with Gasteiger partial charge in [0.15, 0.2) is 0 Å². The largest absolute Gasteiger partial charge is 0.497 e. The summed E-state index contributed by atoms with van der Waals surface area (Å²) in [5.41, 5.74) is 1.27. The SMILES string of the molecule is COc1ccc(C(C)C2=NCCN2)cc1.Cl. The van der Waals surface area contributed by atoms with E-state index in [0.29, 0.717) is 5.92 Å². The Morgan fingerprint density at radius 1 is 1.31 bits per heavy atom. The van der Waals surface area contributed by atoms with Gasteiger partial charge in [-0.15, -0.1) is 12.4 Å². The molecule has 0 bridgehead atoms. The number of nitrogens with zero attached hydrogens (tertiary/aromatic N) is 1. The maximum atomic E-state index is 5.13. The molecule has 88 valence electrons. The Hall–Kier alpha value is -1.22. The molecule has 0 saturated carbocycles. The zero-order chi connectivity index (χ0) is 10.7. The van der Waals surface area contributed by atoms with Crippen LogP contribution >= 0.6 is 12.4 Å². The predicted molar refractivity (Wildman–Crippen MR) is 69.0 cm³/mol. The summed E-state index contributed by atoms with van der Waals surface area (Å²) in [7, 11) is 1.68. The number of hydrogen-bond donors (Lipinski definition) is 1. The van der Waals surface area contributed by atoms with E-state index in [-0.39, 0.29) is 12.4 Å². The van der Waals surface area contributed by atoms with Crippen molar-refractivity contribution >= 4 is 18.2 Å². The Morgan fingerprint density at radius 2 is 2.00 bits per heavy atom. The smallest absolute Gasteiger partial charge is 0.118 e. The summed E-state index contributed by atoms with van der Waals surface area (Å²) in [5.74, 6) is 2.34. The number of halogens is 1. The number of hydrogen-bond acceptors (Lipinski definition) is 3. The normalized spacial score (nSPS) is 15.8. The Balaban J connectivity index is 0.00000128. The van der Waals surface area contributed by atoms with E-state index in [1.165, 1.54) is 5.56 Å². The first-order valence-corrected chi connectivity index (χ1v) is 5.23. The molecular formula is C12H17ClN2O. The van der Waals surface area contributed by atoms with Crippen molar-refractivity contribution < 1.29 is 4.74 Å². The average Bonchev–Trinajstić information content (AvgIpc) is 2.82. The third-order valence-electron chi connectivity index (χ3n) is 2.73. The van der Waals surface area contributed by atoms with Crippen molar-refractivity contribution in [2.24, 2.45) is 4.99 Å². The first kappa shape index (κ1) is 12.8. The van der Waals surface area contributed by atoms with Crippen LogP contribution in [0.15, 0.2) is 29.3 Å². The second-order valence-corrected chi connectivity index (χ2v) is 3.69. The minimum absolute atomic E-state index is 0. The van der Waals surface area contributed by atoms with Crippen LogP contribution in [-0.2, 0) is 0 Å². The average molecular weight is 241 g/mol. The fourth-order valence-corrected chi connectivity index (χ4v) is 1.76. The van der Waals surface area contributed by atoms with Crippen LogP contribution in [0.5, 0.6) is 5.75 Å². The molecular weight excluding hydrogens is 224 g/mol. The van der Waals surface area contributed by atoms with Gasteiger partial charge in [-0.1, -0.05) is 19.1 Å². The van der Waals surface area contributed by atoms with Gasteiger partial charge >= 0.3 is 0 Å². The summed E-state index contributed by atoms with van der Waals surface area (Å²) in [5, 5.41) is 3.30. The summed E-state index contributed by atoms with van der Waals surface area (Å²) in [4.78, 5) is 4.43. The molecule has 1 aromatic carbocycles. The number of aliphatic imine (C=N–C) groups is 1. The van der Waals surface area contributed by atoms with Crippen molar-refractivity contribution in [3.05, 3.63) is 29.8 Å². The van der Waals surface area contributed by atoms with Gasteiger partial charge in [-0.3, -0.25) is 4.99 Å². The fraction of sp³-hybridized carbons (Fsp3) is 0.417. The molecule has 2 rings (SSSR count). The van der Waals surface area contributed by atoms with Crippen molar-refractivity contribution in [1.29, 1.82) is 0 Å². The molecule has 1 aliphatic heterocycles. The van der Waals surface area contributed by atoms with Crippen LogP contribution in [0.3, 0.4) is 0 Å².